The van der Waals surface area contributed by atoms with E-state index in [9.17, 15) is 0 Å². The molecule has 0 saturated carbocycles. The van der Waals surface area contributed by atoms with Crippen molar-refractivity contribution in [2.75, 3.05) is 7.11 Å². The van der Waals surface area contributed by atoms with Crippen molar-refractivity contribution in [2.45, 2.75) is 19.4 Å². The summed E-state index contributed by atoms with van der Waals surface area (Å²) in [6.07, 6.45) is 0. The molecule has 14 heavy (non-hydrogen) atoms. The molecule has 0 unspecified atom stereocenters. The second kappa shape index (κ2) is 3.54. The van der Waals surface area contributed by atoms with Gasteiger partial charge in [-0.25, -0.2) is 0 Å². The van der Waals surface area contributed by atoms with Crippen LogP contribution in [0.1, 0.15) is 19.4 Å². The Morgan fingerprint density at radius 2 is 2.14 bits per heavy atom. The molecule has 1 aliphatic rings. The Labute approximate surface area is 95.2 Å². The predicted octanol–water partition coefficient (Wildman–Crippen LogP) is 3.71. The first kappa shape index (κ1) is 10.5. The van der Waals surface area contributed by atoms with Gasteiger partial charge in [-0.3, -0.25) is 0 Å². The molecule has 0 atom stereocenters. The molecule has 78 valence electrons. The van der Waals surface area contributed by atoms with Gasteiger partial charge in [-0.15, -0.1) is 0 Å². The molecule has 0 N–H and O–H groups in total. The van der Waals surface area contributed by atoms with Gasteiger partial charge in [0.25, 0.3) is 0 Å². The molecule has 1 aromatic rings. The van der Waals surface area contributed by atoms with E-state index in [1.165, 1.54) is 9.13 Å². The van der Waals surface area contributed by atoms with Gasteiger partial charge in [0.2, 0.25) is 0 Å². The van der Waals surface area contributed by atoms with Gasteiger partial charge in [-0.05, 0) is 0 Å². The van der Waals surface area contributed by atoms with Crippen molar-refractivity contribution in [3.8, 4) is 5.75 Å². The summed E-state index contributed by atoms with van der Waals surface area (Å²) >= 11 is -1.86. The van der Waals surface area contributed by atoms with Gasteiger partial charge in [0.05, 0.1) is 0 Å². The molecule has 0 fully saturated rings. The molecule has 1 heterocycles. The quantitative estimate of drug-likeness (QED) is 0.733. The summed E-state index contributed by atoms with van der Waals surface area (Å²) in [6, 6.07) is 5.99. The SMILES string of the molecule is COc1ccc2c(c1)C(C)(C)OI2Cl. The van der Waals surface area contributed by atoms with E-state index in [-0.39, 0.29) is 5.60 Å². The molecule has 0 aliphatic carbocycles. The van der Waals surface area contributed by atoms with Crippen LogP contribution in [0.3, 0.4) is 0 Å². The zero-order valence-electron chi connectivity index (χ0n) is 8.30. The summed E-state index contributed by atoms with van der Waals surface area (Å²) in [7, 11) is 7.88. The summed E-state index contributed by atoms with van der Waals surface area (Å²) in [5.74, 6) is 0.864. The third-order valence-corrected chi connectivity index (χ3v) is 7.01. The van der Waals surface area contributed by atoms with E-state index in [0.717, 1.165) is 5.75 Å². The van der Waals surface area contributed by atoms with E-state index in [2.05, 4.69) is 0 Å². The number of hydrogen-bond acceptors (Lipinski definition) is 2. The zero-order chi connectivity index (χ0) is 10.3. The van der Waals surface area contributed by atoms with Gasteiger partial charge in [-0.1, -0.05) is 0 Å². The van der Waals surface area contributed by atoms with E-state index in [1.54, 1.807) is 7.11 Å². The summed E-state index contributed by atoms with van der Waals surface area (Å²) in [4.78, 5) is 0. The monoisotopic (exact) mass is 326 g/mol. The topological polar surface area (TPSA) is 18.5 Å². The molecule has 2 rings (SSSR count). The third-order valence-electron chi connectivity index (χ3n) is 2.24. The van der Waals surface area contributed by atoms with Crippen LogP contribution in [-0.4, -0.2) is 7.11 Å². The van der Waals surface area contributed by atoms with Gasteiger partial charge in [0.15, 0.2) is 0 Å². The molecule has 0 radical (unpaired) electrons. The van der Waals surface area contributed by atoms with Crippen molar-refractivity contribution in [3.05, 3.63) is 27.3 Å². The molecule has 0 saturated heterocycles. The Balaban J connectivity index is 2.53. The van der Waals surface area contributed by atoms with Crippen LogP contribution >= 0.6 is 28.0 Å². The van der Waals surface area contributed by atoms with E-state index < -0.39 is 19.1 Å². The zero-order valence-corrected chi connectivity index (χ0v) is 11.2. The summed E-state index contributed by atoms with van der Waals surface area (Å²) < 4.78 is 12.2. The van der Waals surface area contributed by atoms with Crippen molar-refractivity contribution < 1.29 is 7.80 Å². The van der Waals surface area contributed by atoms with Gasteiger partial charge >= 0.3 is 95.5 Å². The standard InChI is InChI=1S/C10H12ClIO2/c1-10(2)8-6-7(13-3)4-5-9(8)12(11)14-10/h4-6H,1-3H3. The van der Waals surface area contributed by atoms with Crippen LogP contribution in [0.25, 0.3) is 0 Å². The van der Waals surface area contributed by atoms with Crippen LogP contribution in [0.5, 0.6) is 5.75 Å². The molecule has 1 aromatic carbocycles. The fraction of sp³-hybridized carbons (Fsp3) is 0.400. The normalized spacial score (nSPS) is 20.7. The number of ether oxygens (including phenoxy) is 1. The molecule has 0 amide bonds. The number of benzene rings is 1. The maximum atomic E-state index is 6.22. The first-order valence-electron chi connectivity index (χ1n) is 4.29. The van der Waals surface area contributed by atoms with Crippen LogP contribution in [0.15, 0.2) is 18.2 Å². The Hall–Kier alpha value is -0.0000000000000000555. The first-order chi connectivity index (χ1) is 6.54. The number of rotatable bonds is 1. The molecule has 4 heteroatoms. The second-order valence-corrected chi connectivity index (χ2v) is 8.16. The average Bonchev–Trinajstić information content (AvgIpc) is 2.37. The fourth-order valence-electron chi connectivity index (χ4n) is 1.47. The van der Waals surface area contributed by atoms with Crippen LogP contribution in [0, 0.1) is 3.57 Å². The molecule has 0 spiro atoms. The molecular weight excluding hydrogens is 314 g/mol. The Kier molecular flexibility index (Phi) is 2.66. The van der Waals surface area contributed by atoms with Crippen molar-refractivity contribution in [1.29, 1.82) is 0 Å². The van der Waals surface area contributed by atoms with Gasteiger partial charge in [0.1, 0.15) is 0 Å². The number of methoxy groups -OCH3 is 1. The Bertz CT molecular complexity index is 365. The van der Waals surface area contributed by atoms with E-state index in [1.807, 2.05) is 32.0 Å². The number of fused-ring (bicyclic) bond motifs is 1. The fourth-order valence-corrected chi connectivity index (χ4v) is 6.45. The maximum absolute atomic E-state index is 6.22. The first-order valence-corrected chi connectivity index (χ1v) is 8.98. The van der Waals surface area contributed by atoms with Crippen LogP contribution in [-0.2, 0) is 8.67 Å². The molecule has 0 bridgehead atoms. The second-order valence-electron chi connectivity index (χ2n) is 3.64. The van der Waals surface area contributed by atoms with Crippen molar-refractivity contribution in [3.63, 3.8) is 0 Å². The third kappa shape index (κ3) is 1.61. The van der Waals surface area contributed by atoms with E-state index in [0.29, 0.717) is 0 Å². The number of halogens is 2. The molecular formula is C10H12ClIO2. The summed E-state index contributed by atoms with van der Waals surface area (Å²) in [5, 5.41) is 0. The molecule has 0 aromatic heterocycles. The van der Waals surface area contributed by atoms with Crippen LogP contribution in [0.4, 0.5) is 0 Å². The van der Waals surface area contributed by atoms with Crippen molar-refractivity contribution >= 4 is 28.0 Å². The van der Waals surface area contributed by atoms with E-state index >= 15 is 0 Å². The number of hydrogen-bond donors (Lipinski definition) is 0. The van der Waals surface area contributed by atoms with E-state index in [4.69, 9.17) is 16.7 Å². The van der Waals surface area contributed by atoms with Gasteiger partial charge in [0, 0.05) is 0 Å². The van der Waals surface area contributed by atoms with Gasteiger partial charge in [-0.2, -0.15) is 0 Å². The minimum atomic E-state index is -1.86. The van der Waals surface area contributed by atoms with Crippen molar-refractivity contribution in [1.82, 2.24) is 0 Å². The Morgan fingerprint density at radius 3 is 2.79 bits per heavy atom. The minimum absolute atomic E-state index is 0.253. The average molecular weight is 327 g/mol. The summed E-state index contributed by atoms with van der Waals surface area (Å²) in [5.41, 5.74) is 0.924. The van der Waals surface area contributed by atoms with Crippen LogP contribution in [0.2, 0.25) is 0 Å². The summed E-state index contributed by atoms with van der Waals surface area (Å²) in [6.45, 7) is 4.09. The predicted molar refractivity (Wildman–Crippen MR) is 65.7 cm³/mol. The Morgan fingerprint density at radius 1 is 1.43 bits per heavy atom. The molecule has 2 nitrogen and oxygen atoms in total. The van der Waals surface area contributed by atoms with Gasteiger partial charge < -0.3 is 0 Å². The van der Waals surface area contributed by atoms with Crippen molar-refractivity contribution in [2.24, 2.45) is 0 Å². The molecule has 1 aliphatic heterocycles. The van der Waals surface area contributed by atoms with Crippen LogP contribution < -0.4 is 4.74 Å².